The summed E-state index contributed by atoms with van der Waals surface area (Å²) >= 11 is 1.67. The molecule has 2 aromatic rings. The van der Waals surface area contributed by atoms with E-state index in [1.807, 2.05) is 12.1 Å². The molecule has 1 aromatic heterocycles. The Morgan fingerprint density at radius 3 is 2.78 bits per heavy atom. The second-order valence-corrected chi connectivity index (χ2v) is 5.65. The van der Waals surface area contributed by atoms with Crippen LogP contribution in [0.5, 0.6) is 0 Å². The van der Waals surface area contributed by atoms with Gasteiger partial charge in [0.2, 0.25) is 0 Å². The fourth-order valence-electron chi connectivity index (χ4n) is 2.24. The summed E-state index contributed by atoms with van der Waals surface area (Å²) in [7, 11) is 0. The van der Waals surface area contributed by atoms with Gasteiger partial charge in [-0.05, 0) is 29.3 Å². The van der Waals surface area contributed by atoms with Crippen LogP contribution in [0.15, 0.2) is 29.6 Å². The minimum atomic E-state index is 0.305. The molecule has 2 rings (SSSR count). The van der Waals surface area contributed by atoms with Gasteiger partial charge in [0.15, 0.2) is 5.78 Å². The van der Waals surface area contributed by atoms with Crippen molar-refractivity contribution in [2.24, 2.45) is 0 Å². The number of Topliss-reactive ketones (excluding diaryl/α,β-unsaturated/α-hetero) is 1. The van der Waals surface area contributed by atoms with Crippen LogP contribution < -0.4 is 0 Å². The summed E-state index contributed by atoms with van der Waals surface area (Å²) in [5, 5.41) is 3.25. The number of rotatable bonds is 7. The highest BCUT2D eigenvalue weighted by Gasteiger charge is 2.10. The Labute approximate surface area is 113 Å². The highest BCUT2D eigenvalue weighted by atomic mass is 32.1. The lowest BCUT2D eigenvalue weighted by Crippen LogP contribution is -1.98. The van der Waals surface area contributed by atoms with E-state index in [1.165, 1.54) is 31.1 Å². The molecule has 1 nitrogen and oxygen atoms in total. The standard InChI is InChI=1S/C16H20OS/c1-2-3-4-5-6-10-15(17)14-9-7-8-13-11-12-18-16(13)14/h7-9,11-12H,2-6,10H2,1H3. The van der Waals surface area contributed by atoms with Gasteiger partial charge in [0.05, 0.1) is 0 Å². The summed E-state index contributed by atoms with van der Waals surface area (Å²) in [4.78, 5) is 12.2. The summed E-state index contributed by atoms with van der Waals surface area (Å²) in [5.74, 6) is 0.305. The molecule has 0 fully saturated rings. The summed E-state index contributed by atoms with van der Waals surface area (Å²) < 4.78 is 1.15. The quantitative estimate of drug-likeness (QED) is 0.478. The van der Waals surface area contributed by atoms with Crippen molar-refractivity contribution in [3.05, 3.63) is 35.2 Å². The molecular weight excluding hydrogens is 240 g/mol. The van der Waals surface area contributed by atoms with E-state index in [0.717, 1.165) is 16.7 Å². The van der Waals surface area contributed by atoms with Crippen LogP contribution in [0.25, 0.3) is 10.1 Å². The van der Waals surface area contributed by atoms with Gasteiger partial charge in [-0.2, -0.15) is 0 Å². The second-order valence-electron chi connectivity index (χ2n) is 4.73. The van der Waals surface area contributed by atoms with Gasteiger partial charge in [0.1, 0.15) is 0 Å². The third kappa shape index (κ3) is 3.20. The molecule has 0 atom stereocenters. The first-order chi connectivity index (χ1) is 8.83. The van der Waals surface area contributed by atoms with E-state index in [1.54, 1.807) is 11.3 Å². The predicted octanol–water partition coefficient (Wildman–Crippen LogP) is 5.44. The highest BCUT2D eigenvalue weighted by molar-refractivity contribution is 7.17. The Kier molecular flexibility index (Phi) is 4.94. The summed E-state index contributed by atoms with van der Waals surface area (Å²) in [6, 6.07) is 8.11. The molecular formula is C16H20OS. The first-order valence-corrected chi connectivity index (χ1v) is 7.70. The third-order valence-corrected chi connectivity index (χ3v) is 4.25. The minimum absolute atomic E-state index is 0.305. The van der Waals surface area contributed by atoms with Crippen LogP contribution in [-0.2, 0) is 0 Å². The van der Waals surface area contributed by atoms with Gasteiger partial charge in [-0.1, -0.05) is 44.7 Å². The molecule has 1 heterocycles. The van der Waals surface area contributed by atoms with Crippen molar-refractivity contribution in [2.75, 3.05) is 0 Å². The molecule has 0 saturated carbocycles. The molecule has 0 bridgehead atoms. The zero-order valence-electron chi connectivity index (χ0n) is 10.9. The lowest BCUT2D eigenvalue weighted by molar-refractivity contribution is 0.0981. The zero-order chi connectivity index (χ0) is 12.8. The number of carbonyl (C=O) groups excluding carboxylic acids is 1. The van der Waals surface area contributed by atoms with Gasteiger partial charge < -0.3 is 0 Å². The molecule has 0 amide bonds. The van der Waals surface area contributed by atoms with E-state index in [-0.39, 0.29) is 0 Å². The number of benzene rings is 1. The van der Waals surface area contributed by atoms with Gasteiger partial charge in [0.25, 0.3) is 0 Å². The van der Waals surface area contributed by atoms with E-state index in [4.69, 9.17) is 0 Å². The molecule has 1 aromatic carbocycles. The summed E-state index contributed by atoms with van der Waals surface area (Å²) in [6.07, 6.45) is 6.70. The molecule has 0 unspecified atom stereocenters. The predicted molar refractivity (Wildman–Crippen MR) is 79.5 cm³/mol. The SMILES string of the molecule is CCCCCCCC(=O)c1cccc2ccsc12. The van der Waals surface area contributed by atoms with Crippen LogP contribution in [0, 0.1) is 0 Å². The smallest absolute Gasteiger partial charge is 0.164 e. The molecule has 96 valence electrons. The number of unbranched alkanes of at least 4 members (excludes halogenated alkanes) is 4. The van der Waals surface area contributed by atoms with E-state index >= 15 is 0 Å². The van der Waals surface area contributed by atoms with Crippen molar-refractivity contribution in [1.29, 1.82) is 0 Å². The van der Waals surface area contributed by atoms with Crippen LogP contribution in [0.1, 0.15) is 55.8 Å². The van der Waals surface area contributed by atoms with Gasteiger partial charge in [-0.3, -0.25) is 4.79 Å². The normalized spacial score (nSPS) is 10.9. The van der Waals surface area contributed by atoms with Crippen molar-refractivity contribution < 1.29 is 4.79 Å². The maximum Gasteiger partial charge on any atom is 0.164 e. The van der Waals surface area contributed by atoms with Crippen molar-refractivity contribution in [1.82, 2.24) is 0 Å². The fourth-order valence-corrected chi connectivity index (χ4v) is 3.17. The van der Waals surface area contributed by atoms with E-state index in [0.29, 0.717) is 12.2 Å². The maximum absolute atomic E-state index is 12.2. The van der Waals surface area contributed by atoms with Gasteiger partial charge in [0, 0.05) is 16.7 Å². The second kappa shape index (κ2) is 6.69. The number of carbonyl (C=O) groups is 1. The molecule has 2 heteroatoms. The Hall–Kier alpha value is -1.15. The van der Waals surface area contributed by atoms with Gasteiger partial charge >= 0.3 is 0 Å². The van der Waals surface area contributed by atoms with Crippen molar-refractivity contribution in [2.45, 2.75) is 45.4 Å². The number of ketones is 1. The van der Waals surface area contributed by atoms with Crippen molar-refractivity contribution >= 4 is 27.2 Å². The average molecular weight is 260 g/mol. The van der Waals surface area contributed by atoms with Crippen molar-refractivity contribution in [3.8, 4) is 0 Å². The van der Waals surface area contributed by atoms with E-state index < -0.39 is 0 Å². The molecule has 0 aliphatic rings. The van der Waals surface area contributed by atoms with Crippen LogP contribution in [-0.4, -0.2) is 5.78 Å². The zero-order valence-corrected chi connectivity index (χ0v) is 11.8. The first-order valence-electron chi connectivity index (χ1n) is 6.82. The Balaban J connectivity index is 1.94. The van der Waals surface area contributed by atoms with Gasteiger partial charge in [-0.25, -0.2) is 0 Å². The highest BCUT2D eigenvalue weighted by Crippen LogP contribution is 2.26. The molecule has 0 saturated heterocycles. The molecule has 0 aliphatic heterocycles. The van der Waals surface area contributed by atoms with E-state index in [9.17, 15) is 4.79 Å². The Morgan fingerprint density at radius 2 is 1.94 bits per heavy atom. The molecule has 0 aliphatic carbocycles. The van der Waals surface area contributed by atoms with Crippen LogP contribution in [0.3, 0.4) is 0 Å². The number of hydrogen-bond acceptors (Lipinski definition) is 2. The lowest BCUT2D eigenvalue weighted by Gasteiger charge is -2.03. The third-order valence-electron chi connectivity index (χ3n) is 3.29. The first kappa shape index (κ1) is 13.3. The van der Waals surface area contributed by atoms with Crippen LogP contribution >= 0.6 is 11.3 Å². The lowest BCUT2D eigenvalue weighted by atomic mass is 10.0. The Bertz CT molecular complexity index is 513. The number of hydrogen-bond donors (Lipinski definition) is 0. The van der Waals surface area contributed by atoms with Crippen LogP contribution in [0.2, 0.25) is 0 Å². The topological polar surface area (TPSA) is 17.1 Å². The summed E-state index contributed by atoms with van der Waals surface area (Å²) in [6.45, 7) is 2.21. The number of thiophene rings is 1. The summed E-state index contributed by atoms with van der Waals surface area (Å²) in [5.41, 5.74) is 0.915. The Morgan fingerprint density at radius 1 is 1.11 bits per heavy atom. The van der Waals surface area contributed by atoms with Gasteiger partial charge in [-0.15, -0.1) is 11.3 Å². The molecule has 18 heavy (non-hydrogen) atoms. The van der Waals surface area contributed by atoms with E-state index in [2.05, 4.69) is 24.4 Å². The minimum Gasteiger partial charge on any atom is -0.294 e. The average Bonchev–Trinajstić information content (AvgIpc) is 2.86. The largest absolute Gasteiger partial charge is 0.294 e. The molecule has 0 radical (unpaired) electrons. The maximum atomic E-state index is 12.2. The monoisotopic (exact) mass is 260 g/mol. The van der Waals surface area contributed by atoms with Crippen LogP contribution in [0.4, 0.5) is 0 Å². The fraction of sp³-hybridized carbons (Fsp3) is 0.438. The molecule has 0 spiro atoms. The molecule has 0 N–H and O–H groups in total. The number of fused-ring (bicyclic) bond motifs is 1. The van der Waals surface area contributed by atoms with Crippen molar-refractivity contribution in [3.63, 3.8) is 0 Å².